The van der Waals surface area contributed by atoms with Gasteiger partial charge in [-0.15, -0.1) is 23.7 Å². The van der Waals surface area contributed by atoms with Crippen LogP contribution in [-0.4, -0.2) is 45.9 Å². The molecule has 5 rings (SSSR count). The molecule has 0 amide bonds. The summed E-state index contributed by atoms with van der Waals surface area (Å²) in [6.45, 7) is 3.98. The zero-order chi connectivity index (χ0) is 18.2. The molecule has 0 saturated carbocycles. The zero-order valence-electron chi connectivity index (χ0n) is 15.5. The minimum Gasteiger partial charge on any atom is -0.454 e. The average Bonchev–Trinajstić information content (AvgIpc) is 3.42. The number of aryl methyl sites for hydroxylation is 1. The number of aromatic nitrogens is 3. The highest BCUT2D eigenvalue weighted by Gasteiger charge is 2.27. The van der Waals surface area contributed by atoms with E-state index in [1.54, 1.807) is 11.3 Å². The molecule has 2 aliphatic rings. The van der Waals surface area contributed by atoms with Crippen LogP contribution >= 0.6 is 23.7 Å². The first kappa shape index (κ1) is 19.2. The van der Waals surface area contributed by atoms with E-state index >= 15 is 0 Å². The molecule has 2 aromatic heterocycles. The van der Waals surface area contributed by atoms with Crippen LogP contribution in [0.15, 0.2) is 36.0 Å². The van der Waals surface area contributed by atoms with Crippen LogP contribution in [0.1, 0.15) is 17.6 Å². The van der Waals surface area contributed by atoms with Crippen molar-refractivity contribution in [1.29, 1.82) is 0 Å². The molecule has 1 atom stereocenters. The molecule has 9 heteroatoms. The Morgan fingerprint density at radius 3 is 3.04 bits per heavy atom. The molecule has 0 aliphatic carbocycles. The molecule has 148 valence electrons. The molecule has 1 N–H and O–H groups in total. The molecule has 2 aliphatic heterocycles. The van der Waals surface area contributed by atoms with Crippen molar-refractivity contribution in [3.8, 4) is 22.1 Å². The third-order valence-corrected chi connectivity index (χ3v) is 5.99. The number of piperazine rings is 1. The van der Waals surface area contributed by atoms with Crippen LogP contribution in [0, 0.1) is 0 Å². The highest BCUT2D eigenvalue weighted by atomic mass is 35.5. The zero-order valence-corrected chi connectivity index (χ0v) is 17.1. The van der Waals surface area contributed by atoms with Gasteiger partial charge in [-0.2, -0.15) is 0 Å². The fourth-order valence-electron chi connectivity index (χ4n) is 3.64. The maximum absolute atomic E-state index is 5.49. The molecule has 4 heterocycles. The van der Waals surface area contributed by atoms with Gasteiger partial charge in [0.25, 0.3) is 0 Å². The second-order valence-corrected chi connectivity index (χ2v) is 7.66. The summed E-state index contributed by atoms with van der Waals surface area (Å²) in [5.74, 6) is 2.68. The van der Waals surface area contributed by atoms with Gasteiger partial charge in [0.1, 0.15) is 10.8 Å². The number of benzene rings is 1. The Balaban J connectivity index is 0.00000192. The standard InChI is InChI=1S/C19H21N5O2S.ClH/c1-23-6-5-21-18(23)15-9-20-4-7-24(15)10-14-11-27-19(22-14)13-2-3-16-17(8-13)26-12-25-16;/h2-3,5-6,8,11,15,20H,4,7,9-10,12H2,1H3;1H. The fraction of sp³-hybridized carbons (Fsp3) is 0.368. The molecule has 28 heavy (non-hydrogen) atoms. The Kier molecular flexibility index (Phi) is 5.54. The normalized spacial score (nSPS) is 18.8. The monoisotopic (exact) mass is 419 g/mol. The number of rotatable bonds is 4. The van der Waals surface area contributed by atoms with E-state index in [0.717, 1.165) is 59.8 Å². The number of ether oxygens (including phenoxy) is 2. The number of halogens is 1. The molecule has 1 unspecified atom stereocenters. The summed E-state index contributed by atoms with van der Waals surface area (Å²) >= 11 is 1.67. The lowest BCUT2D eigenvalue weighted by atomic mass is 10.1. The highest BCUT2D eigenvalue weighted by molar-refractivity contribution is 7.13. The van der Waals surface area contributed by atoms with Crippen molar-refractivity contribution in [2.24, 2.45) is 7.05 Å². The third kappa shape index (κ3) is 3.60. The van der Waals surface area contributed by atoms with E-state index in [1.807, 2.05) is 30.6 Å². The van der Waals surface area contributed by atoms with E-state index in [2.05, 4.69) is 32.2 Å². The lowest BCUT2D eigenvalue weighted by molar-refractivity contribution is 0.143. The molecule has 1 fully saturated rings. The van der Waals surface area contributed by atoms with Gasteiger partial charge in [0.15, 0.2) is 11.5 Å². The van der Waals surface area contributed by atoms with E-state index in [1.165, 1.54) is 0 Å². The number of hydrogen-bond acceptors (Lipinski definition) is 7. The minimum atomic E-state index is 0. The van der Waals surface area contributed by atoms with E-state index in [0.29, 0.717) is 6.79 Å². The number of hydrogen-bond donors (Lipinski definition) is 1. The van der Waals surface area contributed by atoms with Gasteiger partial charge in [0, 0.05) is 56.6 Å². The van der Waals surface area contributed by atoms with Crippen molar-refractivity contribution >= 4 is 23.7 Å². The van der Waals surface area contributed by atoms with Gasteiger partial charge >= 0.3 is 0 Å². The SMILES string of the molecule is Cl.Cn1ccnc1C1CNCCN1Cc1csc(-c2ccc3c(c2)OCO3)n1. The van der Waals surface area contributed by atoms with Gasteiger partial charge < -0.3 is 19.4 Å². The highest BCUT2D eigenvalue weighted by Crippen LogP contribution is 2.37. The second-order valence-electron chi connectivity index (χ2n) is 6.80. The van der Waals surface area contributed by atoms with E-state index in [-0.39, 0.29) is 18.4 Å². The topological polar surface area (TPSA) is 64.4 Å². The number of thiazole rings is 1. The molecular weight excluding hydrogens is 398 g/mol. The lowest BCUT2D eigenvalue weighted by Gasteiger charge is -2.35. The van der Waals surface area contributed by atoms with Crippen molar-refractivity contribution < 1.29 is 9.47 Å². The van der Waals surface area contributed by atoms with Crippen LogP contribution in [0.3, 0.4) is 0 Å². The Morgan fingerprint density at radius 1 is 1.29 bits per heavy atom. The summed E-state index contributed by atoms with van der Waals surface area (Å²) in [5.41, 5.74) is 2.16. The van der Waals surface area contributed by atoms with Crippen LogP contribution in [0.5, 0.6) is 11.5 Å². The first-order chi connectivity index (χ1) is 13.3. The number of imidazole rings is 1. The van der Waals surface area contributed by atoms with Crippen LogP contribution in [0.2, 0.25) is 0 Å². The molecule has 0 radical (unpaired) electrons. The van der Waals surface area contributed by atoms with Crippen LogP contribution in [0.25, 0.3) is 10.6 Å². The fourth-order valence-corrected chi connectivity index (χ4v) is 4.45. The summed E-state index contributed by atoms with van der Waals surface area (Å²) in [6, 6.07) is 6.26. The van der Waals surface area contributed by atoms with Crippen molar-refractivity contribution in [3.05, 3.63) is 47.5 Å². The molecule has 0 bridgehead atoms. The quantitative estimate of drug-likeness (QED) is 0.701. The second kappa shape index (κ2) is 8.08. The molecular formula is C19H22ClN5O2S. The lowest BCUT2D eigenvalue weighted by Crippen LogP contribution is -2.46. The van der Waals surface area contributed by atoms with E-state index in [9.17, 15) is 0 Å². The van der Waals surface area contributed by atoms with Crippen molar-refractivity contribution in [1.82, 2.24) is 24.8 Å². The van der Waals surface area contributed by atoms with Gasteiger partial charge in [-0.25, -0.2) is 9.97 Å². The third-order valence-electron chi connectivity index (χ3n) is 5.05. The molecule has 1 saturated heterocycles. The first-order valence-electron chi connectivity index (χ1n) is 9.04. The van der Waals surface area contributed by atoms with Crippen molar-refractivity contribution in [3.63, 3.8) is 0 Å². The van der Waals surface area contributed by atoms with Crippen molar-refractivity contribution in [2.45, 2.75) is 12.6 Å². The molecule has 1 aromatic carbocycles. The van der Waals surface area contributed by atoms with E-state index < -0.39 is 0 Å². The Labute approximate surface area is 173 Å². The number of nitrogens with zero attached hydrogens (tertiary/aromatic N) is 4. The summed E-state index contributed by atoms with van der Waals surface area (Å²) in [6.07, 6.45) is 3.87. The molecule has 7 nitrogen and oxygen atoms in total. The van der Waals surface area contributed by atoms with Gasteiger partial charge in [-0.3, -0.25) is 4.90 Å². The van der Waals surface area contributed by atoms with Gasteiger partial charge in [0.2, 0.25) is 6.79 Å². The minimum absolute atomic E-state index is 0. The predicted octanol–water partition coefficient (Wildman–Crippen LogP) is 2.84. The smallest absolute Gasteiger partial charge is 0.231 e. The predicted molar refractivity (Wildman–Crippen MR) is 110 cm³/mol. The van der Waals surface area contributed by atoms with Crippen molar-refractivity contribution in [2.75, 3.05) is 26.4 Å². The largest absolute Gasteiger partial charge is 0.454 e. The van der Waals surface area contributed by atoms with Crippen LogP contribution in [-0.2, 0) is 13.6 Å². The Hall–Kier alpha value is -2.13. The Morgan fingerprint density at radius 2 is 2.18 bits per heavy atom. The van der Waals surface area contributed by atoms with Gasteiger partial charge in [0.05, 0.1) is 11.7 Å². The van der Waals surface area contributed by atoms with Crippen LogP contribution in [0.4, 0.5) is 0 Å². The summed E-state index contributed by atoms with van der Waals surface area (Å²) in [7, 11) is 2.05. The maximum Gasteiger partial charge on any atom is 0.231 e. The Bertz CT molecular complexity index is 959. The molecule has 0 spiro atoms. The summed E-state index contributed by atoms with van der Waals surface area (Å²) in [4.78, 5) is 11.9. The summed E-state index contributed by atoms with van der Waals surface area (Å²) < 4.78 is 13.0. The first-order valence-corrected chi connectivity index (χ1v) is 9.92. The number of nitrogens with one attached hydrogen (secondary N) is 1. The average molecular weight is 420 g/mol. The molecule has 3 aromatic rings. The maximum atomic E-state index is 5.49. The number of fused-ring (bicyclic) bond motifs is 1. The van der Waals surface area contributed by atoms with Gasteiger partial charge in [-0.1, -0.05) is 0 Å². The van der Waals surface area contributed by atoms with Crippen LogP contribution < -0.4 is 14.8 Å². The van der Waals surface area contributed by atoms with E-state index in [4.69, 9.17) is 14.5 Å². The summed E-state index contributed by atoms with van der Waals surface area (Å²) in [5, 5.41) is 6.64. The van der Waals surface area contributed by atoms with Gasteiger partial charge in [-0.05, 0) is 18.2 Å².